The molecule has 2 fully saturated rings. The SMILES string of the molecule is CC(C)(C)OC(=O)[C@H]1CCCN1S(=O)(=O)C1CCCCC1. The maximum atomic E-state index is 12.8. The first-order valence-electron chi connectivity index (χ1n) is 7.95. The first-order chi connectivity index (χ1) is 9.72. The number of nitrogens with zero attached hydrogens (tertiary/aromatic N) is 1. The van der Waals surface area contributed by atoms with Gasteiger partial charge in [-0.05, 0) is 46.5 Å². The van der Waals surface area contributed by atoms with Crippen LogP contribution in [0.15, 0.2) is 0 Å². The Balaban J connectivity index is 2.12. The third-order valence-electron chi connectivity index (χ3n) is 4.18. The van der Waals surface area contributed by atoms with Crippen LogP contribution in [0.5, 0.6) is 0 Å². The summed E-state index contributed by atoms with van der Waals surface area (Å²) in [6.45, 7) is 5.86. The van der Waals surface area contributed by atoms with Crippen molar-refractivity contribution in [1.82, 2.24) is 4.31 Å². The number of rotatable bonds is 3. The molecule has 5 nitrogen and oxygen atoms in total. The van der Waals surface area contributed by atoms with Gasteiger partial charge in [0, 0.05) is 6.54 Å². The zero-order chi connectivity index (χ0) is 15.7. The normalized spacial score (nSPS) is 26.0. The highest BCUT2D eigenvalue weighted by Gasteiger charge is 2.44. The third-order valence-corrected chi connectivity index (χ3v) is 6.59. The number of ether oxygens (including phenoxy) is 1. The third kappa shape index (κ3) is 3.97. The number of sulfonamides is 1. The molecule has 0 N–H and O–H groups in total. The monoisotopic (exact) mass is 317 g/mol. The van der Waals surface area contributed by atoms with Gasteiger partial charge < -0.3 is 4.74 Å². The van der Waals surface area contributed by atoms with Gasteiger partial charge in [0.25, 0.3) is 0 Å². The molecule has 122 valence electrons. The van der Waals surface area contributed by atoms with Crippen molar-refractivity contribution in [2.75, 3.05) is 6.54 Å². The lowest BCUT2D eigenvalue weighted by Gasteiger charge is -2.31. The summed E-state index contributed by atoms with van der Waals surface area (Å²) in [4.78, 5) is 12.3. The van der Waals surface area contributed by atoms with E-state index in [0.717, 1.165) is 38.5 Å². The van der Waals surface area contributed by atoms with Gasteiger partial charge in [-0.25, -0.2) is 8.42 Å². The van der Waals surface area contributed by atoms with Crippen LogP contribution in [-0.4, -0.2) is 42.1 Å². The summed E-state index contributed by atoms with van der Waals surface area (Å²) in [5, 5.41) is -0.311. The molecule has 0 aromatic rings. The van der Waals surface area contributed by atoms with Gasteiger partial charge in [0.05, 0.1) is 5.25 Å². The molecule has 1 atom stereocenters. The molecule has 21 heavy (non-hydrogen) atoms. The van der Waals surface area contributed by atoms with Crippen molar-refractivity contribution in [1.29, 1.82) is 0 Å². The molecule has 1 saturated heterocycles. The maximum Gasteiger partial charge on any atom is 0.324 e. The van der Waals surface area contributed by atoms with E-state index in [9.17, 15) is 13.2 Å². The van der Waals surface area contributed by atoms with Crippen LogP contribution in [0.2, 0.25) is 0 Å². The van der Waals surface area contributed by atoms with E-state index in [4.69, 9.17) is 4.74 Å². The lowest BCUT2D eigenvalue weighted by molar-refractivity contribution is -0.158. The van der Waals surface area contributed by atoms with Crippen LogP contribution in [0.4, 0.5) is 0 Å². The molecule has 1 aliphatic heterocycles. The molecule has 1 saturated carbocycles. The largest absolute Gasteiger partial charge is 0.459 e. The average Bonchev–Trinajstić information content (AvgIpc) is 2.88. The second-order valence-corrected chi connectivity index (χ2v) is 9.27. The van der Waals surface area contributed by atoms with Gasteiger partial charge >= 0.3 is 5.97 Å². The van der Waals surface area contributed by atoms with Crippen molar-refractivity contribution in [3.05, 3.63) is 0 Å². The predicted molar refractivity (Wildman–Crippen MR) is 81.4 cm³/mol. The van der Waals surface area contributed by atoms with E-state index in [1.165, 1.54) is 4.31 Å². The Hall–Kier alpha value is -0.620. The molecular weight excluding hydrogens is 290 g/mol. The van der Waals surface area contributed by atoms with Crippen LogP contribution in [-0.2, 0) is 19.6 Å². The highest BCUT2D eigenvalue weighted by atomic mass is 32.2. The van der Waals surface area contributed by atoms with Gasteiger partial charge in [0.15, 0.2) is 0 Å². The molecule has 0 spiro atoms. The van der Waals surface area contributed by atoms with E-state index >= 15 is 0 Å². The van der Waals surface area contributed by atoms with Gasteiger partial charge in [0.1, 0.15) is 11.6 Å². The molecule has 0 radical (unpaired) electrons. The molecule has 0 aromatic heterocycles. The van der Waals surface area contributed by atoms with Crippen molar-refractivity contribution in [2.24, 2.45) is 0 Å². The van der Waals surface area contributed by atoms with Gasteiger partial charge in [0.2, 0.25) is 10.0 Å². The van der Waals surface area contributed by atoms with E-state index in [-0.39, 0.29) is 5.25 Å². The topological polar surface area (TPSA) is 63.7 Å². The van der Waals surface area contributed by atoms with Crippen molar-refractivity contribution in [3.63, 3.8) is 0 Å². The lowest BCUT2D eigenvalue weighted by Crippen LogP contribution is -2.47. The molecule has 0 bridgehead atoms. The molecular formula is C15H27NO4S. The molecule has 6 heteroatoms. The summed E-state index contributed by atoms with van der Waals surface area (Å²) in [6, 6.07) is -0.629. The van der Waals surface area contributed by atoms with E-state index in [1.54, 1.807) is 20.8 Å². The molecule has 0 aromatic carbocycles. The number of carbonyl (C=O) groups excluding carboxylic acids is 1. The van der Waals surface area contributed by atoms with Gasteiger partial charge in [-0.2, -0.15) is 4.31 Å². The average molecular weight is 317 g/mol. The quantitative estimate of drug-likeness (QED) is 0.750. The van der Waals surface area contributed by atoms with E-state index in [0.29, 0.717) is 13.0 Å². The van der Waals surface area contributed by atoms with Crippen LogP contribution in [0.3, 0.4) is 0 Å². The van der Waals surface area contributed by atoms with E-state index < -0.39 is 27.6 Å². The van der Waals surface area contributed by atoms with Crippen LogP contribution in [0, 0.1) is 0 Å². The summed E-state index contributed by atoms with van der Waals surface area (Å²) >= 11 is 0. The van der Waals surface area contributed by atoms with E-state index in [2.05, 4.69) is 0 Å². The van der Waals surface area contributed by atoms with Gasteiger partial charge in [-0.3, -0.25) is 4.79 Å². The maximum absolute atomic E-state index is 12.8. The summed E-state index contributed by atoms with van der Waals surface area (Å²) < 4.78 is 32.4. The first kappa shape index (κ1) is 16.7. The van der Waals surface area contributed by atoms with Crippen LogP contribution in [0.25, 0.3) is 0 Å². The Morgan fingerprint density at radius 1 is 1.05 bits per heavy atom. The summed E-state index contributed by atoms with van der Waals surface area (Å²) in [5.41, 5.74) is -0.583. The second-order valence-electron chi connectivity index (χ2n) is 7.11. The summed E-state index contributed by atoms with van der Waals surface area (Å²) in [6.07, 6.45) is 5.79. The zero-order valence-electron chi connectivity index (χ0n) is 13.3. The molecule has 0 unspecified atom stereocenters. The molecule has 2 rings (SSSR count). The van der Waals surface area contributed by atoms with Crippen molar-refractivity contribution < 1.29 is 17.9 Å². The summed E-state index contributed by atoms with van der Waals surface area (Å²) in [7, 11) is -3.38. The minimum Gasteiger partial charge on any atom is -0.459 e. The van der Waals surface area contributed by atoms with Crippen LogP contribution in [0.1, 0.15) is 65.7 Å². The van der Waals surface area contributed by atoms with Crippen LogP contribution >= 0.6 is 0 Å². The van der Waals surface area contributed by atoms with Gasteiger partial charge in [-0.1, -0.05) is 19.3 Å². The number of hydrogen-bond acceptors (Lipinski definition) is 4. The Morgan fingerprint density at radius 2 is 1.67 bits per heavy atom. The molecule has 0 amide bonds. The molecule has 1 aliphatic carbocycles. The number of hydrogen-bond donors (Lipinski definition) is 0. The Morgan fingerprint density at radius 3 is 2.24 bits per heavy atom. The Labute approximate surface area is 128 Å². The fourth-order valence-electron chi connectivity index (χ4n) is 3.20. The highest BCUT2D eigenvalue weighted by Crippen LogP contribution is 2.31. The first-order valence-corrected chi connectivity index (χ1v) is 9.46. The molecule has 2 aliphatic rings. The fraction of sp³-hybridized carbons (Fsp3) is 0.933. The summed E-state index contributed by atoms with van der Waals surface area (Å²) in [5.74, 6) is -0.403. The van der Waals surface area contributed by atoms with Crippen molar-refractivity contribution in [2.45, 2.75) is 82.6 Å². The molecule has 1 heterocycles. The standard InChI is InChI=1S/C15H27NO4S/c1-15(2,3)20-14(17)13-10-7-11-16(13)21(18,19)12-8-5-4-6-9-12/h12-13H,4-11H2,1-3H3/t13-/m1/s1. The Kier molecular flexibility index (Phi) is 4.98. The minimum absolute atomic E-state index is 0.311. The fourth-order valence-corrected chi connectivity index (χ4v) is 5.45. The van der Waals surface area contributed by atoms with Crippen molar-refractivity contribution in [3.8, 4) is 0 Å². The van der Waals surface area contributed by atoms with Crippen LogP contribution < -0.4 is 0 Å². The number of esters is 1. The predicted octanol–water partition coefficient (Wildman–Crippen LogP) is 2.46. The second kappa shape index (κ2) is 6.24. The van der Waals surface area contributed by atoms with E-state index in [1.807, 2.05) is 0 Å². The van der Waals surface area contributed by atoms with Gasteiger partial charge in [-0.15, -0.1) is 0 Å². The zero-order valence-corrected chi connectivity index (χ0v) is 14.1. The van der Waals surface area contributed by atoms with Crippen molar-refractivity contribution >= 4 is 16.0 Å². The lowest BCUT2D eigenvalue weighted by atomic mass is 10.0. The smallest absolute Gasteiger partial charge is 0.324 e. The Bertz CT molecular complexity index is 474. The number of carbonyl (C=O) groups is 1. The minimum atomic E-state index is -3.38. The highest BCUT2D eigenvalue weighted by molar-refractivity contribution is 7.89.